The maximum atomic E-state index is 13.3. The fraction of sp³-hybridized carbons (Fsp3) is 0.265. The van der Waals surface area contributed by atoms with E-state index in [0.29, 0.717) is 18.9 Å². The minimum Gasteiger partial charge on any atom is -0.365 e. The van der Waals surface area contributed by atoms with Crippen LogP contribution in [0.25, 0.3) is 11.1 Å². The maximum absolute atomic E-state index is 13.3. The van der Waals surface area contributed by atoms with Crippen molar-refractivity contribution in [1.29, 1.82) is 5.26 Å². The molecule has 3 heterocycles. The Hall–Kier alpha value is -4.94. The molecule has 0 spiro atoms. The van der Waals surface area contributed by atoms with E-state index in [9.17, 15) is 14.4 Å². The molecule has 43 heavy (non-hydrogen) atoms. The number of halogens is 1. The van der Waals surface area contributed by atoms with Crippen LogP contribution in [0.15, 0.2) is 78.0 Å². The first kappa shape index (κ1) is 29.5. The molecule has 0 fully saturated rings. The van der Waals surface area contributed by atoms with E-state index < -0.39 is 0 Å². The van der Waals surface area contributed by atoms with Crippen molar-refractivity contribution in [3.63, 3.8) is 0 Å². The second kappa shape index (κ2) is 13.4. The molecule has 0 saturated carbocycles. The van der Waals surface area contributed by atoms with Gasteiger partial charge < -0.3 is 15.5 Å². The number of amides is 1. The molecule has 218 valence electrons. The lowest BCUT2D eigenvalue weighted by Gasteiger charge is -2.16. The molecule has 0 bridgehead atoms. The SMILES string of the molecule is C[C@H](NC(=O)c1cc(C#N)cnc1NCc1ccc(-c2cnc3c(c2)C(CCCN(C)C)=NC3)cc1)c1ccc(F)cc1. The Bertz CT molecular complexity index is 1670. The van der Waals surface area contributed by atoms with Crippen LogP contribution in [0, 0.1) is 17.1 Å². The Kier molecular flexibility index (Phi) is 9.18. The van der Waals surface area contributed by atoms with Gasteiger partial charge in [-0.2, -0.15) is 5.26 Å². The molecule has 1 aliphatic heterocycles. The Labute approximate surface area is 251 Å². The second-order valence-electron chi connectivity index (χ2n) is 10.9. The Morgan fingerprint density at radius 1 is 1.05 bits per heavy atom. The van der Waals surface area contributed by atoms with Gasteiger partial charge in [-0.05, 0) is 81.4 Å². The number of benzene rings is 2. The molecular weight excluding hydrogens is 541 g/mol. The first-order chi connectivity index (χ1) is 20.8. The van der Waals surface area contributed by atoms with Crippen LogP contribution in [0.2, 0.25) is 0 Å². The summed E-state index contributed by atoms with van der Waals surface area (Å²) in [5.41, 5.74) is 7.73. The molecule has 9 heteroatoms. The number of nitriles is 1. The van der Waals surface area contributed by atoms with Gasteiger partial charge in [0.2, 0.25) is 0 Å². The molecule has 2 aromatic carbocycles. The lowest BCUT2D eigenvalue weighted by Crippen LogP contribution is -2.28. The Morgan fingerprint density at radius 3 is 2.53 bits per heavy atom. The smallest absolute Gasteiger partial charge is 0.255 e. The number of hydrogen-bond donors (Lipinski definition) is 2. The summed E-state index contributed by atoms with van der Waals surface area (Å²) in [6, 6.07) is 19.5. The van der Waals surface area contributed by atoms with Crippen LogP contribution in [0.4, 0.5) is 10.2 Å². The molecule has 1 atom stereocenters. The van der Waals surface area contributed by atoms with Gasteiger partial charge in [0.1, 0.15) is 17.7 Å². The molecule has 1 amide bonds. The third kappa shape index (κ3) is 7.29. The third-order valence-corrected chi connectivity index (χ3v) is 7.45. The number of carbonyl (C=O) groups is 1. The summed E-state index contributed by atoms with van der Waals surface area (Å²) < 4.78 is 13.3. The van der Waals surface area contributed by atoms with E-state index in [0.717, 1.165) is 58.6 Å². The van der Waals surface area contributed by atoms with Gasteiger partial charge in [-0.3, -0.25) is 14.8 Å². The van der Waals surface area contributed by atoms with E-state index in [1.54, 1.807) is 12.1 Å². The number of aliphatic imine (C=N–C) groups is 1. The first-order valence-electron chi connectivity index (χ1n) is 14.3. The number of rotatable bonds is 11. The fourth-order valence-corrected chi connectivity index (χ4v) is 5.01. The Morgan fingerprint density at radius 2 is 1.81 bits per heavy atom. The first-order valence-corrected chi connectivity index (χ1v) is 14.3. The van der Waals surface area contributed by atoms with E-state index >= 15 is 0 Å². The zero-order valence-electron chi connectivity index (χ0n) is 24.6. The summed E-state index contributed by atoms with van der Waals surface area (Å²) >= 11 is 0. The highest BCUT2D eigenvalue weighted by molar-refractivity contribution is 6.04. The zero-order valence-corrected chi connectivity index (χ0v) is 24.6. The molecule has 5 rings (SSSR count). The van der Waals surface area contributed by atoms with Gasteiger partial charge in [0, 0.05) is 35.8 Å². The van der Waals surface area contributed by atoms with Crippen molar-refractivity contribution < 1.29 is 9.18 Å². The summed E-state index contributed by atoms with van der Waals surface area (Å²) in [5.74, 6) is -0.352. The standard InChI is InChI=1S/C34H34FN7O/c1-22(25-10-12-28(35)13-11-25)41-34(43)30-15-24(17-36)19-40-33(30)39-18-23-6-8-26(9-7-23)27-16-29-31(5-4-14-42(2)3)38-21-32(29)37-20-27/h6-13,15-16,19-20,22H,4-5,14,18,21H2,1-3H3,(H,39,40)(H,41,43)/t22-/m0/s1. The molecule has 0 saturated heterocycles. The Balaban J connectivity index is 1.26. The van der Waals surface area contributed by atoms with Crippen molar-refractivity contribution in [3.05, 3.63) is 112 Å². The van der Waals surface area contributed by atoms with Gasteiger partial charge >= 0.3 is 0 Å². The van der Waals surface area contributed by atoms with Crippen molar-refractivity contribution in [2.45, 2.75) is 38.9 Å². The third-order valence-electron chi connectivity index (χ3n) is 7.45. The van der Waals surface area contributed by atoms with E-state index in [1.807, 2.05) is 31.3 Å². The maximum Gasteiger partial charge on any atom is 0.255 e. The lowest BCUT2D eigenvalue weighted by molar-refractivity contribution is 0.0940. The molecule has 8 nitrogen and oxygen atoms in total. The highest BCUT2D eigenvalue weighted by atomic mass is 19.1. The quantitative estimate of drug-likeness (QED) is 0.231. The number of hydrogen-bond acceptors (Lipinski definition) is 7. The summed E-state index contributed by atoms with van der Waals surface area (Å²) in [5, 5.41) is 15.5. The normalized spacial score (nSPS) is 12.8. The topological polar surface area (TPSA) is 106 Å². The number of aromatic nitrogens is 2. The highest BCUT2D eigenvalue weighted by Crippen LogP contribution is 2.27. The average molecular weight is 576 g/mol. The predicted octanol–water partition coefficient (Wildman–Crippen LogP) is 5.90. The molecular formula is C34H34FN7O. The highest BCUT2D eigenvalue weighted by Gasteiger charge is 2.19. The van der Waals surface area contributed by atoms with E-state index in [2.05, 4.69) is 57.8 Å². The zero-order chi connectivity index (χ0) is 30.3. The van der Waals surface area contributed by atoms with Crippen molar-refractivity contribution in [1.82, 2.24) is 20.2 Å². The minimum atomic E-state index is -0.381. The number of anilines is 1. The van der Waals surface area contributed by atoms with Crippen LogP contribution < -0.4 is 10.6 Å². The van der Waals surface area contributed by atoms with E-state index in [-0.39, 0.29) is 28.9 Å². The largest absolute Gasteiger partial charge is 0.365 e. The second-order valence-corrected chi connectivity index (χ2v) is 10.9. The van der Waals surface area contributed by atoms with Crippen LogP contribution in [0.3, 0.4) is 0 Å². The van der Waals surface area contributed by atoms with Gasteiger partial charge in [0.25, 0.3) is 5.91 Å². The average Bonchev–Trinajstić information content (AvgIpc) is 3.42. The number of carbonyl (C=O) groups excluding carboxylic acids is 1. The number of pyridine rings is 2. The van der Waals surface area contributed by atoms with Crippen molar-refractivity contribution in [3.8, 4) is 17.2 Å². The van der Waals surface area contributed by atoms with Crippen LogP contribution >= 0.6 is 0 Å². The van der Waals surface area contributed by atoms with E-state index in [4.69, 9.17) is 4.99 Å². The van der Waals surface area contributed by atoms with Gasteiger partial charge in [0.15, 0.2) is 0 Å². The number of fused-ring (bicyclic) bond motifs is 1. The van der Waals surface area contributed by atoms with Gasteiger partial charge in [-0.1, -0.05) is 36.4 Å². The summed E-state index contributed by atoms with van der Waals surface area (Å²) in [7, 11) is 4.16. The summed E-state index contributed by atoms with van der Waals surface area (Å²) in [6.07, 6.45) is 5.34. The molecule has 0 radical (unpaired) electrons. The van der Waals surface area contributed by atoms with Crippen LogP contribution in [0.1, 0.15) is 64.1 Å². The molecule has 0 aliphatic carbocycles. The van der Waals surface area contributed by atoms with Gasteiger partial charge in [-0.25, -0.2) is 9.37 Å². The number of nitrogens with zero attached hydrogens (tertiary/aromatic N) is 5. The van der Waals surface area contributed by atoms with Gasteiger partial charge in [0.05, 0.1) is 29.4 Å². The van der Waals surface area contributed by atoms with E-state index in [1.165, 1.54) is 24.4 Å². The van der Waals surface area contributed by atoms with Crippen LogP contribution in [-0.4, -0.2) is 47.1 Å². The van der Waals surface area contributed by atoms with Crippen molar-refractivity contribution >= 4 is 17.4 Å². The lowest BCUT2D eigenvalue weighted by atomic mass is 10.00. The van der Waals surface area contributed by atoms with Crippen molar-refractivity contribution in [2.24, 2.45) is 4.99 Å². The minimum absolute atomic E-state index is 0.261. The van der Waals surface area contributed by atoms with Crippen LogP contribution in [-0.2, 0) is 13.1 Å². The molecule has 0 unspecified atom stereocenters. The van der Waals surface area contributed by atoms with Crippen LogP contribution in [0.5, 0.6) is 0 Å². The monoisotopic (exact) mass is 575 g/mol. The van der Waals surface area contributed by atoms with Gasteiger partial charge in [-0.15, -0.1) is 0 Å². The fourth-order valence-electron chi connectivity index (χ4n) is 5.01. The molecule has 2 aromatic heterocycles. The number of nitrogens with one attached hydrogen (secondary N) is 2. The predicted molar refractivity (Wildman–Crippen MR) is 166 cm³/mol. The summed E-state index contributed by atoms with van der Waals surface area (Å²) in [6.45, 7) is 3.91. The molecule has 1 aliphatic rings. The summed E-state index contributed by atoms with van der Waals surface area (Å²) in [4.78, 5) is 29.1. The molecule has 2 N–H and O–H groups in total. The molecule has 4 aromatic rings. The van der Waals surface area contributed by atoms with Crippen molar-refractivity contribution in [2.75, 3.05) is 26.0 Å².